The molecule has 0 amide bonds. The Bertz CT molecular complexity index is 365. The lowest BCUT2D eigenvalue weighted by Gasteiger charge is -2.16. The van der Waals surface area contributed by atoms with E-state index in [2.05, 4.69) is 12.2 Å². The van der Waals surface area contributed by atoms with Crippen LogP contribution in [0.1, 0.15) is 37.8 Å². The van der Waals surface area contributed by atoms with Crippen LogP contribution in [-0.4, -0.2) is 6.54 Å². The van der Waals surface area contributed by atoms with Gasteiger partial charge >= 0.3 is 0 Å². The van der Waals surface area contributed by atoms with Crippen LogP contribution >= 0.6 is 0 Å². The normalized spacial score (nSPS) is 26.4. The second-order valence-corrected chi connectivity index (χ2v) is 4.65. The molecule has 2 atom stereocenters. The largest absolute Gasteiger partial charge is 0.310 e. The van der Waals surface area contributed by atoms with E-state index in [4.69, 9.17) is 0 Å². The van der Waals surface area contributed by atoms with E-state index in [0.717, 1.165) is 31.4 Å². The lowest BCUT2D eigenvalue weighted by Crippen LogP contribution is -2.20. The van der Waals surface area contributed by atoms with Crippen LogP contribution in [-0.2, 0) is 0 Å². The Balaban J connectivity index is 2.13. The number of hydrogen-bond acceptors (Lipinski definition) is 1. The van der Waals surface area contributed by atoms with E-state index in [0.29, 0.717) is 5.92 Å². The minimum atomic E-state index is -0.772. The quantitative estimate of drug-likeness (QED) is 0.772. The maximum atomic E-state index is 13.1. The van der Waals surface area contributed by atoms with Crippen LogP contribution in [0.25, 0.3) is 0 Å². The van der Waals surface area contributed by atoms with Gasteiger partial charge in [-0.3, -0.25) is 0 Å². The van der Waals surface area contributed by atoms with Crippen LogP contribution in [0.2, 0.25) is 0 Å². The van der Waals surface area contributed by atoms with Crippen molar-refractivity contribution in [3.63, 3.8) is 0 Å². The lowest BCUT2D eigenvalue weighted by molar-refractivity contribution is 0.487. The summed E-state index contributed by atoms with van der Waals surface area (Å²) in [5.74, 6) is -0.815. The first kappa shape index (κ1) is 11.5. The molecule has 0 bridgehead atoms. The minimum absolute atomic E-state index is 0.167. The van der Waals surface area contributed by atoms with Gasteiger partial charge in [0, 0.05) is 6.04 Å². The van der Waals surface area contributed by atoms with Crippen LogP contribution in [0.3, 0.4) is 0 Å². The van der Waals surface area contributed by atoms with E-state index >= 15 is 0 Å². The highest BCUT2D eigenvalue weighted by Crippen LogP contribution is 2.26. The molecular formula is C13H17F2N. The molecule has 2 rings (SSSR count). The number of rotatable bonds is 1. The standard InChI is InChI=1S/C13H17F2N/c1-9-2-5-13(16-7-6-9)10-3-4-11(14)12(15)8-10/h3-4,8-9,13,16H,2,5-7H2,1H3. The highest BCUT2D eigenvalue weighted by Gasteiger charge is 2.18. The van der Waals surface area contributed by atoms with Crippen LogP contribution < -0.4 is 5.32 Å². The molecule has 0 spiro atoms. The van der Waals surface area contributed by atoms with Gasteiger partial charge in [0.15, 0.2) is 11.6 Å². The van der Waals surface area contributed by atoms with E-state index < -0.39 is 11.6 Å². The van der Waals surface area contributed by atoms with E-state index in [1.165, 1.54) is 12.1 Å². The summed E-state index contributed by atoms with van der Waals surface area (Å²) in [5, 5.41) is 3.39. The lowest BCUT2D eigenvalue weighted by atomic mass is 9.98. The van der Waals surface area contributed by atoms with E-state index in [9.17, 15) is 8.78 Å². The third kappa shape index (κ3) is 2.59. The van der Waals surface area contributed by atoms with Gasteiger partial charge < -0.3 is 5.32 Å². The van der Waals surface area contributed by atoms with Crippen molar-refractivity contribution < 1.29 is 8.78 Å². The molecule has 1 aliphatic heterocycles. The maximum Gasteiger partial charge on any atom is 0.159 e. The Morgan fingerprint density at radius 1 is 1.12 bits per heavy atom. The monoisotopic (exact) mass is 225 g/mol. The van der Waals surface area contributed by atoms with Gasteiger partial charge in [-0.25, -0.2) is 8.78 Å². The molecule has 1 heterocycles. The molecule has 0 aliphatic carbocycles. The summed E-state index contributed by atoms with van der Waals surface area (Å²) in [6.45, 7) is 3.18. The fourth-order valence-electron chi connectivity index (χ4n) is 2.22. The van der Waals surface area contributed by atoms with Gasteiger partial charge in [0.05, 0.1) is 0 Å². The summed E-state index contributed by atoms with van der Waals surface area (Å²) in [6.07, 6.45) is 3.28. The molecule has 1 nitrogen and oxygen atoms in total. The number of nitrogens with one attached hydrogen (secondary N) is 1. The van der Waals surface area contributed by atoms with Crippen molar-refractivity contribution in [1.29, 1.82) is 0 Å². The summed E-state index contributed by atoms with van der Waals surface area (Å²) < 4.78 is 25.9. The number of halogens is 2. The minimum Gasteiger partial charge on any atom is -0.310 e. The van der Waals surface area contributed by atoms with Gasteiger partial charge in [0.2, 0.25) is 0 Å². The van der Waals surface area contributed by atoms with Crippen molar-refractivity contribution in [1.82, 2.24) is 5.32 Å². The number of hydrogen-bond donors (Lipinski definition) is 1. The van der Waals surface area contributed by atoms with Crippen molar-refractivity contribution in [2.75, 3.05) is 6.54 Å². The van der Waals surface area contributed by atoms with Gasteiger partial charge in [-0.15, -0.1) is 0 Å². The molecule has 3 heteroatoms. The average molecular weight is 225 g/mol. The Labute approximate surface area is 94.9 Å². The van der Waals surface area contributed by atoms with Crippen LogP contribution in [0.15, 0.2) is 18.2 Å². The summed E-state index contributed by atoms with van der Waals surface area (Å²) in [6, 6.07) is 4.36. The maximum absolute atomic E-state index is 13.1. The molecule has 1 N–H and O–H groups in total. The van der Waals surface area contributed by atoms with Crippen molar-refractivity contribution in [2.45, 2.75) is 32.2 Å². The Morgan fingerprint density at radius 3 is 2.69 bits per heavy atom. The Morgan fingerprint density at radius 2 is 1.94 bits per heavy atom. The van der Waals surface area contributed by atoms with Crippen molar-refractivity contribution in [3.05, 3.63) is 35.4 Å². The zero-order chi connectivity index (χ0) is 11.5. The van der Waals surface area contributed by atoms with Gasteiger partial charge in [-0.2, -0.15) is 0 Å². The third-order valence-electron chi connectivity index (χ3n) is 3.32. The fraction of sp³-hybridized carbons (Fsp3) is 0.538. The fourth-order valence-corrected chi connectivity index (χ4v) is 2.22. The zero-order valence-electron chi connectivity index (χ0n) is 9.47. The zero-order valence-corrected chi connectivity index (χ0v) is 9.47. The summed E-state index contributed by atoms with van der Waals surface area (Å²) in [4.78, 5) is 0. The molecule has 16 heavy (non-hydrogen) atoms. The first-order valence-electron chi connectivity index (χ1n) is 5.85. The average Bonchev–Trinajstić information content (AvgIpc) is 2.47. The third-order valence-corrected chi connectivity index (χ3v) is 3.32. The van der Waals surface area contributed by atoms with Crippen molar-refractivity contribution in [3.8, 4) is 0 Å². The van der Waals surface area contributed by atoms with Gasteiger partial charge in [0.25, 0.3) is 0 Å². The van der Waals surface area contributed by atoms with E-state index in [1.54, 1.807) is 6.07 Å². The summed E-state index contributed by atoms with van der Waals surface area (Å²) in [5.41, 5.74) is 0.855. The van der Waals surface area contributed by atoms with Crippen LogP contribution in [0.5, 0.6) is 0 Å². The summed E-state index contributed by atoms with van der Waals surface area (Å²) >= 11 is 0. The molecule has 1 fully saturated rings. The smallest absolute Gasteiger partial charge is 0.159 e. The van der Waals surface area contributed by atoms with Gasteiger partial charge in [0.1, 0.15) is 0 Å². The van der Waals surface area contributed by atoms with Crippen LogP contribution in [0.4, 0.5) is 8.78 Å². The molecule has 1 aromatic carbocycles. The first-order chi connectivity index (χ1) is 7.66. The molecule has 88 valence electrons. The molecule has 1 saturated heterocycles. The second-order valence-electron chi connectivity index (χ2n) is 4.65. The van der Waals surface area contributed by atoms with E-state index in [1.807, 2.05) is 0 Å². The molecule has 1 aliphatic rings. The molecule has 2 unspecified atom stereocenters. The Kier molecular flexibility index (Phi) is 3.54. The second kappa shape index (κ2) is 4.91. The predicted molar refractivity (Wildman–Crippen MR) is 60.1 cm³/mol. The number of benzene rings is 1. The Hall–Kier alpha value is -0.960. The highest BCUT2D eigenvalue weighted by molar-refractivity contribution is 5.21. The van der Waals surface area contributed by atoms with E-state index in [-0.39, 0.29) is 6.04 Å². The highest BCUT2D eigenvalue weighted by atomic mass is 19.2. The topological polar surface area (TPSA) is 12.0 Å². The SMILES string of the molecule is CC1CCNC(c2ccc(F)c(F)c2)CC1. The van der Waals surface area contributed by atoms with Gasteiger partial charge in [-0.05, 0) is 49.4 Å². The van der Waals surface area contributed by atoms with Crippen molar-refractivity contribution >= 4 is 0 Å². The predicted octanol–water partition coefficient (Wildman–Crippen LogP) is 3.42. The van der Waals surface area contributed by atoms with Gasteiger partial charge in [-0.1, -0.05) is 13.0 Å². The molecule has 0 saturated carbocycles. The molecule has 1 aromatic rings. The summed E-state index contributed by atoms with van der Waals surface area (Å²) in [7, 11) is 0. The first-order valence-corrected chi connectivity index (χ1v) is 5.85. The van der Waals surface area contributed by atoms with Crippen LogP contribution in [0, 0.1) is 17.6 Å². The molecular weight excluding hydrogens is 208 g/mol. The molecule has 0 aromatic heterocycles. The van der Waals surface area contributed by atoms with Crippen molar-refractivity contribution in [2.24, 2.45) is 5.92 Å². The molecule has 0 radical (unpaired) electrons.